The van der Waals surface area contributed by atoms with Crippen molar-refractivity contribution < 1.29 is 4.74 Å². The van der Waals surface area contributed by atoms with Gasteiger partial charge in [-0.2, -0.15) is 0 Å². The number of hydrogen-bond donors (Lipinski definition) is 2. The number of pyridine rings is 1. The van der Waals surface area contributed by atoms with Crippen LogP contribution in [0.5, 0.6) is 0 Å². The molecule has 1 aromatic heterocycles. The molecule has 5 heteroatoms. The van der Waals surface area contributed by atoms with Crippen molar-refractivity contribution in [1.82, 2.24) is 4.98 Å². The van der Waals surface area contributed by atoms with Crippen LogP contribution < -0.4 is 16.2 Å². The molecule has 0 radical (unpaired) electrons. The second kappa shape index (κ2) is 5.33. The van der Waals surface area contributed by atoms with E-state index in [2.05, 4.69) is 29.2 Å². The molecule has 1 aromatic rings. The van der Waals surface area contributed by atoms with Gasteiger partial charge in [-0.05, 0) is 19.4 Å². The molecule has 2 rings (SSSR count). The third-order valence-corrected chi connectivity index (χ3v) is 3.16. The van der Waals surface area contributed by atoms with E-state index in [1.165, 1.54) is 0 Å². The molecule has 1 fully saturated rings. The SMILES string of the molecule is CCC1COC(C)CN1c1ccnc(NN)c1. The van der Waals surface area contributed by atoms with E-state index in [1.54, 1.807) is 6.20 Å². The molecule has 5 nitrogen and oxygen atoms in total. The predicted molar refractivity (Wildman–Crippen MR) is 68.9 cm³/mol. The lowest BCUT2D eigenvalue weighted by molar-refractivity contribution is 0.0299. The summed E-state index contributed by atoms with van der Waals surface area (Å²) in [5.41, 5.74) is 3.73. The van der Waals surface area contributed by atoms with E-state index < -0.39 is 0 Å². The number of hydrazine groups is 1. The second-order valence-electron chi connectivity index (χ2n) is 4.40. The first-order chi connectivity index (χ1) is 8.24. The standard InChI is InChI=1S/C12H20N4O/c1-3-10-8-17-9(2)7-16(10)11-4-5-14-12(6-11)15-13/h4-6,9-10H,3,7-8,13H2,1-2H3,(H,14,15). The van der Waals surface area contributed by atoms with E-state index >= 15 is 0 Å². The monoisotopic (exact) mass is 236 g/mol. The predicted octanol–water partition coefficient (Wildman–Crippen LogP) is 1.37. The maximum Gasteiger partial charge on any atom is 0.141 e. The van der Waals surface area contributed by atoms with Crippen LogP contribution in [-0.2, 0) is 4.74 Å². The number of anilines is 2. The molecule has 2 atom stereocenters. The topological polar surface area (TPSA) is 63.4 Å². The van der Waals surface area contributed by atoms with Gasteiger partial charge in [0.2, 0.25) is 0 Å². The van der Waals surface area contributed by atoms with Crippen molar-refractivity contribution in [3.05, 3.63) is 18.3 Å². The Morgan fingerprint density at radius 2 is 2.47 bits per heavy atom. The fourth-order valence-corrected chi connectivity index (χ4v) is 2.18. The maximum atomic E-state index is 5.69. The van der Waals surface area contributed by atoms with Gasteiger partial charge < -0.3 is 15.1 Å². The first kappa shape index (κ1) is 12.1. The maximum absolute atomic E-state index is 5.69. The third-order valence-electron chi connectivity index (χ3n) is 3.16. The van der Waals surface area contributed by atoms with Crippen LogP contribution in [-0.4, -0.2) is 30.3 Å². The number of morpholine rings is 1. The molecule has 94 valence electrons. The number of hydrogen-bond acceptors (Lipinski definition) is 5. The van der Waals surface area contributed by atoms with Gasteiger partial charge in [-0.15, -0.1) is 0 Å². The van der Waals surface area contributed by atoms with Crippen LogP contribution in [0, 0.1) is 0 Å². The van der Waals surface area contributed by atoms with E-state index in [0.29, 0.717) is 11.9 Å². The minimum atomic E-state index is 0.264. The minimum absolute atomic E-state index is 0.264. The van der Waals surface area contributed by atoms with E-state index in [4.69, 9.17) is 10.6 Å². The van der Waals surface area contributed by atoms with Crippen molar-refractivity contribution in [3.63, 3.8) is 0 Å². The Balaban J connectivity index is 2.22. The molecule has 0 saturated carbocycles. The van der Waals surface area contributed by atoms with Gasteiger partial charge in [0.15, 0.2) is 0 Å². The molecule has 2 unspecified atom stereocenters. The van der Waals surface area contributed by atoms with Crippen LogP contribution in [0.15, 0.2) is 18.3 Å². The van der Waals surface area contributed by atoms with Gasteiger partial charge in [0, 0.05) is 24.5 Å². The first-order valence-corrected chi connectivity index (χ1v) is 6.05. The summed E-state index contributed by atoms with van der Waals surface area (Å²) in [6.45, 7) is 5.97. The summed E-state index contributed by atoms with van der Waals surface area (Å²) in [7, 11) is 0. The zero-order valence-corrected chi connectivity index (χ0v) is 10.4. The molecular weight excluding hydrogens is 216 g/mol. The summed E-state index contributed by atoms with van der Waals surface area (Å²) in [4.78, 5) is 6.50. The normalized spacial score (nSPS) is 24.8. The van der Waals surface area contributed by atoms with Crippen LogP contribution in [0.25, 0.3) is 0 Å². The average Bonchev–Trinajstić information content (AvgIpc) is 2.39. The Morgan fingerprint density at radius 1 is 1.65 bits per heavy atom. The highest BCUT2D eigenvalue weighted by Gasteiger charge is 2.25. The molecule has 0 bridgehead atoms. The Labute approximate surface area is 102 Å². The van der Waals surface area contributed by atoms with E-state index in [9.17, 15) is 0 Å². The summed E-state index contributed by atoms with van der Waals surface area (Å²) in [6.07, 6.45) is 3.11. The molecular formula is C12H20N4O. The minimum Gasteiger partial charge on any atom is -0.375 e. The third kappa shape index (κ3) is 2.68. The largest absolute Gasteiger partial charge is 0.375 e. The number of nitrogens with two attached hydrogens (primary N) is 1. The molecule has 0 amide bonds. The number of nitrogen functional groups attached to an aromatic ring is 1. The molecule has 17 heavy (non-hydrogen) atoms. The number of nitrogens with zero attached hydrogens (tertiary/aromatic N) is 2. The molecule has 2 heterocycles. The average molecular weight is 236 g/mol. The molecule has 1 aliphatic rings. The summed E-state index contributed by atoms with van der Waals surface area (Å²) < 4.78 is 5.69. The van der Waals surface area contributed by atoms with Crippen molar-refractivity contribution in [1.29, 1.82) is 0 Å². The summed E-state index contributed by atoms with van der Waals surface area (Å²) >= 11 is 0. The van der Waals surface area contributed by atoms with Gasteiger partial charge in [-0.1, -0.05) is 6.92 Å². The Bertz CT molecular complexity index is 371. The van der Waals surface area contributed by atoms with Gasteiger partial charge in [-0.25, -0.2) is 10.8 Å². The van der Waals surface area contributed by atoms with Crippen LogP contribution in [0.1, 0.15) is 20.3 Å². The number of ether oxygens (including phenoxy) is 1. The van der Waals surface area contributed by atoms with E-state index in [-0.39, 0.29) is 6.10 Å². The fraction of sp³-hybridized carbons (Fsp3) is 0.583. The zero-order valence-electron chi connectivity index (χ0n) is 10.4. The summed E-state index contributed by atoms with van der Waals surface area (Å²) in [5, 5.41) is 0. The fourth-order valence-electron chi connectivity index (χ4n) is 2.18. The van der Waals surface area contributed by atoms with Crippen LogP contribution in [0.4, 0.5) is 11.5 Å². The van der Waals surface area contributed by atoms with Crippen molar-refractivity contribution in [2.24, 2.45) is 5.84 Å². The molecule has 0 aromatic carbocycles. The highest BCUT2D eigenvalue weighted by molar-refractivity contribution is 5.54. The zero-order chi connectivity index (χ0) is 12.3. The number of nitrogens with one attached hydrogen (secondary N) is 1. The van der Waals surface area contributed by atoms with E-state index in [0.717, 1.165) is 25.3 Å². The number of aromatic nitrogens is 1. The van der Waals surface area contributed by atoms with Crippen molar-refractivity contribution in [2.45, 2.75) is 32.4 Å². The van der Waals surface area contributed by atoms with Crippen molar-refractivity contribution >= 4 is 11.5 Å². The quantitative estimate of drug-likeness (QED) is 0.613. The lowest BCUT2D eigenvalue weighted by atomic mass is 10.1. The lowest BCUT2D eigenvalue weighted by Crippen LogP contribution is -2.48. The first-order valence-electron chi connectivity index (χ1n) is 6.05. The van der Waals surface area contributed by atoms with E-state index in [1.807, 2.05) is 12.1 Å². The highest BCUT2D eigenvalue weighted by Crippen LogP contribution is 2.24. The van der Waals surface area contributed by atoms with Gasteiger partial charge in [0.1, 0.15) is 5.82 Å². The highest BCUT2D eigenvalue weighted by atomic mass is 16.5. The lowest BCUT2D eigenvalue weighted by Gasteiger charge is -2.40. The van der Waals surface area contributed by atoms with Gasteiger partial charge in [0.05, 0.1) is 18.8 Å². The molecule has 0 spiro atoms. The Morgan fingerprint density at radius 3 is 3.18 bits per heavy atom. The van der Waals surface area contributed by atoms with Crippen molar-refractivity contribution in [3.8, 4) is 0 Å². The number of rotatable bonds is 3. The Hall–Kier alpha value is -1.33. The smallest absolute Gasteiger partial charge is 0.141 e. The molecule has 1 saturated heterocycles. The second-order valence-corrected chi connectivity index (χ2v) is 4.40. The van der Waals surface area contributed by atoms with Gasteiger partial charge in [0.25, 0.3) is 0 Å². The van der Waals surface area contributed by atoms with Crippen LogP contribution in [0.3, 0.4) is 0 Å². The summed E-state index contributed by atoms with van der Waals surface area (Å²) in [5.74, 6) is 6.08. The molecule has 0 aliphatic carbocycles. The van der Waals surface area contributed by atoms with Gasteiger partial charge in [-0.3, -0.25) is 0 Å². The van der Waals surface area contributed by atoms with Crippen LogP contribution >= 0.6 is 0 Å². The van der Waals surface area contributed by atoms with Crippen LogP contribution in [0.2, 0.25) is 0 Å². The Kier molecular flexibility index (Phi) is 3.81. The molecule has 3 N–H and O–H groups in total. The molecule has 1 aliphatic heterocycles. The van der Waals surface area contributed by atoms with Crippen molar-refractivity contribution in [2.75, 3.05) is 23.5 Å². The summed E-state index contributed by atoms with van der Waals surface area (Å²) in [6, 6.07) is 4.42. The van der Waals surface area contributed by atoms with Gasteiger partial charge >= 0.3 is 0 Å².